The summed E-state index contributed by atoms with van der Waals surface area (Å²) in [6, 6.07) is 6.48. The number of hydrogen-bond acceptors (Lipinski definition) is 4. The van der Waals surface area contributed by atoms with E-state index in [9.17, 15) is 9.18 Å². The Labute approximate surface area is 129 Å². The van der Waals surface area contributed by atoms with Crippen molar-refractivity contribution in [2.24, 2.45) is 5.73 Å². The summed E-state index contributed by atoms with van der Waals surface area (Å²) in [5.74, 6) is -0.153. The Balaban J connectivity index is 1.53. The maximum atomic E-state index is 13.0. The molecular formula is C16H22FN3O2. The molecule has 1 aromatic rings. The first kappa shape index (κ1) is 15.2. The number of carbonyl (C=O) groups is 1. The predicted octanol–water partition coefficient (Wildman–Crippen LogP) is 0.981. The van der Waals surface area contributed by atoms with Crippen LogP contribution in [0.4, 0.5) is 10.1 Å². The van der Waals surface area contributed by atoms with Gasteiger partial charge in [-0.25, -0.2) is 4.39 Å². The van der Waals surface area contributed by atoms with Crippen LogP contribution >= 0.6 is 0 Å². The number of piperazine rings is 1. The van der Waals surface area contributed by atoms with Gasteiger partial charge >= 0.3 is 0 Å². The molecule has 0 aliphatic carbocycles. The number of amides is 1. The largest absolute Gasteiger partial charge is 0.368 e. The maximum Gasteiger partial charge on any atom is 0.251 e. The SMILES string of the molecule is NC[C@H]1CC[C@@H](C(=O)N2CCN(c3ccc(F)cc3)CC2)O1. The molecule has 2 aliphatic rings. The quantitative estimate of drug-likeness (QED) is 0.904. The number of rotatable bonds is 3. The van der Waals surface area contributed by atoms with Gasteiger partial charge in [0.25, 0.3) is 5.91 Å². The average Bonchev–Trinajstić information content (AvgIpc) is 3.04. The third kappa shape index (κ3) is 3.23. The van der Waals surface area contributed by atoms with Crippen molar-refractivity contribution in [3.05, 3.63) is 30.1 Å². The van der Waals surface area contributed by atoms with E-state index in [1.54, 1.807) is 12.1 Å². The Kier molecular flexibility index (Phi) is 4.59. The lowest BCUT2D eigenvalue weighted by molar-refractivity contribution is -0.143. The molecule has 2 heterocycles. The van der Waals surface area contributed by atoms with Crippen LogP contribution in [0.25, 0.3) is 0 Å². The zero-order valence-electron chi connectivity index (χ0n) is 12.6. The fourth-order valence-electron chi connectivity index (χ4n) is 3.10. The van der Waals surface area contributed by atoms with Crippen molar-refractivity contribution in [1.82, 2.24) is 4.90 Å². The molecule has 0 aromatic heterocycles. The molecule has 1 amide bonds. The maximum absolute atomic E-state index is 13.0. The lowest BCUT2D eigenvalue weighted by atomic mass is 10.1. The number of anilines is 1. The number of nitrogens with zero attached hydrogens (tertiary/aromatic N) is 2. The van der Waals surface area contributed by atoms with E-state index in [1.807, 2.05) is 4.90 Å². The molecule has 0 radical (unpaired) electrons. The second-order valence-corrected chi connectivity index (χ2v) is 5.85. The van der Waals surface area contributed by atoms with Gasteiger partial charge in [0.15, 0.2) is 0 Å². The van der Waals surface area contributed by atoms with Gasteiger partial charge in [-0.05, 0) is 37.1 Å². The molecule has 5 nitrogen and oxygen atoms in total. The summed E-state index contributed by atoms with van der Waals surface area (Å²) in [5, 5.41) is 0. The molecule has 22 heavy (non-hydrogen) atoms. The first-order chi connectivity index (χ1) is 10.7. The van der Waals surface area contributed by atoms with E-state index >= 15 is 0 Å². The second-order valence-electron chi connectivity index (χ2n) is 5.85. The number of nitrogens with two attached hydrogens (primary N) is 1. The molecular weight excluding hydrogens is 285 g/mol. The summed E-state index contributed by atoms with van der Waals surface area (Å²) in [4.78, 5) is 16.5. The Morgan fingerprint density at radius 1 is 1.18 bits per heavy atom. The third-order valence-electron chi connectivity index (χ3n) is 4.43. The van der Waals surface area contributed by atoms with Crippen molar-refractivity contribution < 1.29 is 13.9 Å². The van der Waals surface area contributed by atoms with Gasteiger partial charge in [0, 0.05) is 38.4 Å². The van der Waals surface area contributed by atoms with Gasteiger partial charge in [0.2, 0.25) is 0 Å². The molecule has 2 fully saturated rings. The molecule has 0 saturated carbocycles. The summed E-state index contributed by atoms with van der Waals surface area (Å²) < 4.78 is 18.6. The lowest BCUT2D eigenvalue weighted by Crippen LogP contribution is -2.51. The summed E-state index contributed by atoms with van der Waals surface area (Å²) in [6.07, 6.45) is 1.32. The highest BCUT2D eigenvalue weighted by molar-refractivity contribution is 5.81. The Bertz CT molecular complexity index is 515. The van der Waals surface area contributed by atoms with E-state index in [0.29, 0.717) is 19.6 Å². The molecule has 2 saturated heterocycles. The van der Waals surface area contributed by atoms with E-state index in [4.69, 9.17) is 10.5 Å². The summed E-state index contributed by atoms with van der Waals surface area (Å²) >= 11 is 0. The fraction of sp³-hybridized carbons (Fsp3) is 0.562. The smallest absolute Gasteiger partial charge is 0.251 e. The van der Waals surface area contributed by atoms with Crippen LogP contribution in [-0.2, 0) is 9.53 Å². The van der Waals surface area contributed by atoms with Gasteiger partial charge in [0.1, 0.15) is 11.9 Å². The van der Waals surface area contributed by atoms with Crippen molar-refractivity contribution >= 4 is 11.6 Å². The van der Waals surface area contributed by atoms with Gasteiger partial charge < -0.3 is 20.3 Å². The average molecular weight is 307 g/mol. The third-order valence-corrected chi connectivity index (χ3v) is 4.43. The normalized spacial score (nSPS) is 25.5. The van der Waals surface area contributed by atoms with Gasteiger partial charge in [-0.15, -0.1) is 0 Å². The van der Waals surface area contributed by atoms with Crippen LogP contribution < -0.4 is 10.6 Å². The minimum absolute atomic E-state index is 0.0226. The Morgan fingerprint density at radius 3 is 2.45 bits per heavy atom. The summed E-state index contributed by atoms with van der Waals surface area (Å²) in [7, 11) is 0. The Morgan fingerprint density at radius 2 is 1.86 bits per heavy atom. The van der Waals surface area contributed by atoms with Crippen molar-refractivity contribution in [2.45, 2.75) is 25.0 Å². The molecule has 3 rings (SSSR count). The van der Waals surface area contributed by atoms with E-state index in [0.717, 1.165) is 31.6 Å². The lowest BCUT2D eigenvalue weighted by Gasteiger charge is -2.37. The molecule has 120 valence electrons. The first-order valence-electron chi connectivity index (χ1n) is 7.82. The van der Waals surface area contributed by atoms with Crippen LogP contribution in [0.2, 0.25) is 0 Å². The van der Waals surface area contributed by atoms with Crippen molar-refractivity contribution in [1.29, 1.82) is 0 Å². The van der Waals surface area contributed by atoms with Crippen LogP contribution in [0, 0.1) is 5.82 Å². The minimum atomic E-state index is -0.328. The fourth-order valence-corrected chi connectivity index (χ4v) is 3.10. The monoisotopic (exact) mass is 307 g/mol. The molecule has 1 aromatic carbocycles. The van der Waals surface area contributed by atoms with Crippen molar-refractivity contribution in [3.8, 4) is 0 Å². The first-order valence-corrected chi connectivity index (χ1v) is 7.82. The molecule has 6 heteroatoms. The number of ether oxygens (including phenoxy) is 1. The van der Waals surface area contributed by atoms with Gasteiger partial charge in [-0.3, -0.25) is 4.79 Å². The van der Waals surface area contributed by atoms with Gasteiger partial charge in [0.05, 0.1) is 6.10 Å². The van der Waals surface area contributed by atoms with Crippen LogP contribution in [0.15, 0.2) is 24.3 Å². The number of hydrogen-bond donors (Lipinski definition) is 1. The summed E-state index contributed by atoms with van der Waals surface area (Å²) in [5.41, 5.74) is 6.58. The number of benzene rings is 1. The van der Waals surface area contributed by atoms with Gasteiger partial charge in [-0.1, -0.05) is 0 Å². The molecule has 2 aliphatic heterocycles. The highest BCUT2D eigenvalue weighted by Crippen LogP contribution is 2.22. The van der Waals surface area contributed by atoms with Crippen LogP contribution in [-0.4, -0.2) is 55.7 Å². The molecule has 0 unspecified atom stereocenters. The van der Waals surface area contributed by atoms with Crippen LogP contribution in [0.1, 0.15) is 12.8 Å². The number of halogens is 1. The topological polar surface area (TPSA) is 58.8 Å². The minimum Gasteiger partial charge on any atom is -0.368 e. The number of carbonyl (C=O) groups excluding carboxylic acids is 1. The van der Waals surface area contributed by atoms with E-state index in [2.05, 4.69) is 4.90 Å². The summed E-state index contributed by atoms with van der Waals surface area (Å²) in [6.45, 7) is 3.32. The van der Waals surface area contributed by atoms with Crippen molar-refractivity contribution in [3.63, 3.8) is 0 Å². The predicted molar refractivity (Wildman–Crippen MR) is 82.1 cm³/mol. The molecule has 0 bridgehead atoms. The standard InChI is InChI=1S/C16H22FN3O2/c17-12-1-3-13(4-2-12)19-7-9-20(10-8-19)16(21)15-6-5-14(11-18)22-15/h1-4,14-15H,5-11,18H2/t14-,15+/m1/s1. The second kappa shape index (κ2) is 6.62. The van der Waals surface area contributed by atoms with Crippen LogP contribution in [0.5, 0.6) is 0 Å². The molecule has 2 atom stereocenters. The zero-order valence-corrected chi connectivity index (χ0v) is 12.6. The van der Waals surface area contributed by atoms with E-state index < -0.39 is 0 Å². The zero-order chi connectivity index (χ0) is 15.5. The van der Waals surface area contributed by atoms with E-state index in [-0.39, 0.29) is 23.9 Å². The molecule has 0 spiro atoms. The van der Waals surface area contributed by atoms with Gasteiger partial charge in [-0.2, -0.15) is 0 Å². The van der Waals surface area contributed by atoms with Crippen LogP contribution in [0.3, 0.4) is 0 Å². The van der Waals surface area contributed by atoms with Crippen molar-refractivity contribution in [2.75, 3.05) is 37.6 Å². The molecule has 2 N–H and O–H groups in total. The van der Waals surface area contributed by atoms with E-state index in [1.165, 1.54) is 12.1 Å². The Hall–Kier alpha value is -1.66. The highest BCUT2D eigenvalue weighted by atomic mass is 19.1. The highest BCUT2D eigenvalue weighted by Gasteiger charge is 2.34.